The van der Waals surface area contributed by atoms with E-state index in [9.17, 15) is 9.90 Å². The number of aryl methyl sites for hydroxylation is 2. The minimum absolute atomic E-state index is 0.0762. The van der Waals surface area contributed by atoms with Crippen LogP contribution in [0.3, 0.4) is 0 Å². The first-order valence-electron chi connectivity index (χ1n) is 14.2. The van der Waals surface area contributed by atoms with Gasteiger partial charge in [0.1, 0.15) is 23.9 Å². The van der Waals surface area contributed by atoms with Crippen molar-refractivity contribution in [3.8, 4) is 28.4 Å². The number of carboxylic acids is 1. The van der Waals surface area contributed by atoms with Crippen LogP contribution in [-0.2, 0) is 16.0 Å². The van der Waals surface area contributed by atoms with Crippen LogP contribution in [0.5, 0.6) is 17.2 Å². The molecular weight excluding hydrogens is 506 g/mol. The number of ether oxygens (including phenoxy) is 4. The van der Waals surface area contributed by atoms with Crippen LogP contribution in [0.15, 0.2) is 48.5 Å². The first-order chi connectivity index (χ1) is 19.5. The predicted octanol–water partition coefficient (Wildman–Crippen LogP) is 5.35. The zero-order valence-electron chi connectivity index (χ0n) is 23.3. The average Bonchev–Trinajstić information content (AvgIpc) is 3.53. The van der Waals surface area contributed by atoms with Gasteiger partial charge in [-0.3, -0.25) is 9.69 Å². The number of nitrogens with zero attached hydrogens (tertiary/aromatic N) is 1. The number of para-hydroxylation sites is 1. The van der Waals surface area contributed by atoms with Gasteiger partial charge in [0.05, 0.1) is 32.8 Å². The molecule has 40 heavy (non-hydrogen) atoms. The lowest BCUT2D eigenvalue weighted by Crippen LogP contribution is -2.38. The fourth-order valence-electron chi connectivity index (χ4n) is 6.34. The first kappa shape index (κ1) is 26.7. The molecule has 3 aliphatic rings. The monoisotopic (exact) mass is 543 g/mol. The molecule has 2 atom stereocenters. The highest BCUT2D eigenvalue weighted by Gasteiger charge is 2.30. The number of fused-ring (bicyclic) bond motifs is 2. The number of carbonyl (C=O) groups is 1. The van der Waals surface area contributed by atoms with Crippen LogP contribution in [0.1, 0.15) is 46.1 Å². The fourth-order valence-corrected chi connectivity index (χ4v) is 6.34. The third-order valence-corrected chi connectivity index (χ3v) is 8.33. The molecule has 0 amide bonds. The molecule has 0 radical (unpaired) electrons. The molecule has 3 aromatic rings. The van der Waals surface area contributed by atoms with Crippen LogP contribution in [0.25, 0.3) is 11.1 Å². The molecule has 3 heterocycles. The van der Waals surface area contributed by atoms with Crippen molar-refractivity contribution in [2.75, 3.05) is 52.7 Å². The third-order valence-electron chi connectivity index (χ3n) is 8.33. The molecule has 0 aromatic heterocycles. The lowest BCUT2D eigenvalue weighted by atomic mass is 9.88. The standard InChI is InChI=1S/C33H37NO6/c1-21-14-26(38-13-10-34-8-11-37-12-9-34)15-22(2)32(21)29-5-3-4-28-24(20-40-33(28)29)16-23-6-7-27-25(18-31(35)36)19-39-30(27)17-23/h3-7,14-15,17,24-25H,8-13,16,18-20H2,1-2H3,(H,35,36)/t24-,25-/m1/s1. The van der Waals surface area contributed by atoms with Gasteiger partial charge in [-0.25, -0.2) is 0 Å². The van der Waals surface area contributed by atoms with Crippen LogP contribution < -0.4 is 14.2 Å². The molecule has 1 fully saturated rings. The van der Waals surface area contributed by atoms with Crippen molar-refractivity contribution in [3.63, 3.8) is 0 Å². The maximum atomic E-state index is 11.2. The third kappa shape index (κ3) is 5.54. The van der Waals surface area contributed by atoms with Gasteiger partial charge in [0.25, 0.3) is 0 Å². The molecule has 7 nitrogen and oxygen atoms in total. The van der Waals surface area contributed by atoms with Gasteiger partial charge in [0, 0.05) is 48.2 Å². The summed E-state index contributed by atoms with van der Waals surface area (Å²) in [5.74, 6) is 2.06. The van der Waals surface area contributed by atoms with Gasteiger partial charge >= 0.3 is 5.97 Å². The molecule has 1 saturated heterocycles. The number of benzene rings is 3. The van der Waals surface area contributed by atoms with Crippen LogP contribution in [-0.4, -0.2) is 68.6 Å². The number of hydrogen-bond acceptors (Lipinski definition) is 6. The molecule has 0 bridgehead atoms. The zero-order valence-corrected chi connectivity index (χ0v) is 23.3. The van der Waals surface area contributed by atoms with E-state index in [1.54, 1.807) is 0 Å². The van der Waals surface area contributed by atoms with Gasteiger partial charge in [0.2, 0.25) is 0 Å². The van der Waals surface area contributed by atoms with Gasteiger partial charge in [-0.1, -0.05) is 30.3 Å². The van der Waals surface area contributed by atoms with E-state index in [-0.39, 0.29) is 18.3 Å². The summed E-state index contributed by atoms with van der Waals surface area (Å²) < 4.78 is 23.8. The Morgan fingerprint density at radius 3 is 2.52 bits per heavy atom. The van der Waals surface area contributed by atoms with Crippen LogP contribution in [0, 0.1) is 13.8 Å². The summed E-state index contributed by atoms with van der Waals surface area (Å²) in [7, 11) is 0. The topological polar surface area (TPSA) is 77.5 Å². The molecule has 3 aliphatic heterocycles. The number of carboxylic acid groups (broad SMARTS) is 1. The Hall–Kier alpha value is -3.55. The van der Waals surface area contributed by atoms with Gasteiger partial charge in [-0.05, 0) is 60.7 Å². The molecule has 1 N–H and O–H groups in total. The molecule has 6 rings (SSSR count). The van der Waals surface area contributed by atoms with Crippen LogP contribution in [0.2, 0.25) is 0 Å². The van der Waals surface area contributed by atoms with Crippen LogP contribution in [0.4, 0.5) is 0 Å². The highest BCUT2D eigenvalue weighted by Crippen LogP contribution is 2.46. The number of aliphatic carboxylic acids is 1. The van der Waals surface area contributed by atoms with Gasteiger partial charge in [-0.2, -0.15) is 0 Å². The second kappa shape index (κ2) is 11.5. The first-order valence-corrected chi connectivity index (χ1v) is 14.2. The molecular formula is C33H37NO6. The van der Waals surface area contributed by atoms with Crippen molar-refractivity contribution in [2.45, 2.75) is 38.5 Å². The van der Waals surface area contributed by atoms with E-state index in [0.717, 1.165) is 67.6 Å². The molecule has 0 saturated carbocycles. The normalized spacial score (nSPS) is 19.9. The maximum Gasteiger partial charge on any atom is 0.304 e. The minimum atomic E-state index is -0.794. The van der Waals surface area contributed by atoms with Gasteiger partial charge in [-0.15, -0.1) is 0 Å². The summed E-state index contributed by atoms with van der Waals surface area (Å²) >= 11 is 0. The van der Waals surface area contributed by atoms with Gasteiger partial charge < -0.3 is 24.1 Å². The van der Waals surface area contributed by atoms with E-state index < -0.39 is 5.97 Å². The van der Waals surface area contributed by atoms with Crippen molar-refractivity contribution in [2.24, 2.45) is 0 Å². The average molecular weight is 544 g/mol. The lowest BCUT2D eigenvalue weighted by molar-refractivity contribution is -0.137. The highest BCUT2D eigenvalue weighted by molar-refractivity contribution is 5.79. The summed E-state index contributed by atoms with van der Waals surface area (Å²) in [5, 5.41) is 9.19. The SMILES string of the molecule is Cc1cc(OCCN2CCOCC2)cc(C)c1-c1cccc2c1OC[C@H]2Cc1ccc2c(c1)OC[C@H]2CC(=O)O. The van der Waals surface area contributed by atoms with E-state index in [1.165, 1.54) is 27.8 Å². The Morgan fingerprint density at radius 1 is 0.975 bits per heavy atom. The van der Waals surface area contributed by atoms with E-state index in [4.69, 9.17) is 18.9 Å². The lowest BCUT2D eigenvalue weighted by Gasteiger charge is -2.26. The molecule has 3 aromatic carbocycles. The van der Waals surface area contributed by atoms with E-state index in [0.29, 0.717) is 19.8 Å². The Labute approximate surface area is 235 Å². The van der Waals surface area contributed by atoms with Gasteiger partial charge in [0.15, 0.2) is 0 Å². The Morgan fingerprint density at radius 2 is 1.75 bits per heavy atom. The second-order valence-electron chi connectivity index (χ2n) is 11.1. The van der Waals surface area contributed by atoms with E-state index in [2.05, 4.69) is 61.2 Å². The maximum absolute atomic E-state index is 11.2. The summed E-state index contributed by atoms with van der Waals surface area (Å²) in [6.45, 7) is 10.5. The molecule has 0 unspecified atom stereocenters. The largest absolute Gasteiger partial charge is 0.493 e. The summed E-state index contributed by atoms with van der Waals surface area (Å²) in [6, 6.07) is 16.9. The quantitative estimate of drug-likeness (QED) is 0.390. The summed E-state index contributed by atoms with van der Waals surface area (Å²) in [4.78, 5) is 13.6. The minimum Gasteiger partial charge on any atom is -0.493 e. The van der Waals surface area contributed by atoms with Crippen molar-refractivity contribution >= 4 is 5.97 Å². The van der Waals surface area contributed by atoms with Crippen molar-refractivity contribution < 1.29 is 28.8 Å². The number of hydrogen-bond donors (Lipinski definition) is 1. The zero-order chi connectivity index (χ0) is 27.6. The Kier molecular flexibility index (Phi) is 7.67. The number of rotatable bonds is 9. The smallest absolute Gasteiger partial charge is 0.304 e. The molecule has 7 heteroatoms. The van der Waals surface area contributed by atoms with Crippen molar-refractivity contribution in [1.82, 2.24) is 4.90 Å². The second-order valence-corrected chi connectivity index (χ2v) is 11.1. The van der Waals surface area contributed by atoms with Crippen LogP contribution >= 0.6 is 0 Å². The predicted molar refractivity (Wildman–Crippen MR) is 153 cm³/mol. The van der Waals surface area contributed by atoms with E-state index >= 15 is 0 Å². The molecule has 210 valence electrons. The number of morpholine rings is 1. The highest BCUT2D eigenvalue weighted by atomic mass is 16.5. The summed E-state index contributed by atoms with van der Waals surface area (Å²) in [5.41, 5.74) is 8.08. The van der Waals surface area contributed by atoms with Crippen molar-refractivity contribution in [1.29, 1.82) is 0 Å². The fraction of sp³-hybridized carbons (Fsp3) is 0.424. The molecule has 0 spiro atoms. The molecule has 0 aliphatic carbocycles. The Balaban J connectivity index is 1.17. The summed E-state index contributed by atoms with van der Waals surface area (Å²) in [6.07, 6.45) is 0.934. The van der Waals surface area contributed by atoms with Crippen molar-refractivity contribution in [3.05, 3.63) is 76.3 Å². The van der Waals surface area contributed by atoms with E-state index in [1.807, 2.05) is 6.07 Å². The Bertz CT molecular complexity index is 1370.